The van der Waals surface area contributed by atoms with E-state index in [1.165, 1.54) is 11.3 Å². The minimum absolute atomic E-state index is 0.227. The molecule has 96 valence electrons. The van der Waals surface area contributed by atoms with Crippen LogP contribution in [-0.2, 0) is 6.54 Å². The van der Waals surface area contributed by atoms with Crippen molar-refractivity contribution in [2.75, 3.05) is 0 Å². The van der Waals surface area contributed by atoms with E-state index in [2.05, 4.69) is 21.0 Å². The second kappa shape index (κ2) is 5.80. The quantitative estimate of drug-likeness (QED) is 0.779. The van der Waals surface area contributed by atoms with Crippen molar-refractivity contribution in [2.45, 2.75) is 33.2 Å². The lowest BCUT2D eigenvalue weighted by atomic mass is 10.2. The van der Waals surface area contributed by atoms with Crippen LogP contribution in [0, 0.1) is 13.8 Å². The smallest absolute Gasteiger partial charge is 0.172 e. The number of aryl methyl sites for hydroxylation is 2. The highest BCUT2D eigenvalue weighted by Gasteiger charge is 2.10. The zero-order chi connectivity index (χ0) is 13.1. The van der Waals surface area contributed by atoms with Gasteiger partial charge in [-0.3, -0.25) is 9.48 Å². The summed E-state index contributed by atoms with van der Waals surface area (Å²) in [4.78, 5) is 12.7. The minimum Gasteiger partial charge on any atom is -0.293 e. The van der Waals surface area contributed by atoms with Gasteiger partial charge in [-0.2, -0.15) is 5.10 Å². The monoisotopic (exact) mass is 326 g/mol. The van der Waals surface area contributed by atoms with Crippen LogP contribution in [0.1, 0.15) is 33.9 Å². The molecule has 0 N–H and O–H groups in total. The van der Waals surface area contributed by atoms with Gasteiger partial charge in [0, 0.05) is 18.7 Å². The Morgan fingerprint density at radius 3 is 2.83 bits per heavy atom. The van der Waals surface area contributed by atoms with Crippen molar-refractivity contribution in [3.63, 3.8) is 0 Å². The van der Waals surface area contributed by atoms with Crippen molar-refractivity contribution >= 4 is 33.0 Å². The summed E-state index contributed by atoms with van der Waals surface area (Å²) in [6.07, 6.45) is 1.40. The number of nitrogens with zero attached hydrogens (tertiary/aromatic N) is 2. The maximum Gasteiger partial charge on any atom is 0.172 e. The molecule has 0 amide bonds. The van der Waals surface area contributed by atoms with Crippen molar-refractivity contribution in [3.05, 3.63) is 38.3 Å². The van der Waals surface area contributed by atoms with E-state index in [9.17, 15) is 4.79 Å². The van der Waals surface area contributed by atoms with Crippen molar-refractivity contribution in [1.29, 1.82) is 0 Å². The van der Waals surface area contributed by atoms with Gasteiger partial charge < -0.3 is 0 Å². The molecule has 2 rings (SSSR count). The number of ketones is 1. The van der Waals surface area contributed by atoms with E-state index in [0.717, 1.165) is 33.7 Å². The van der Waals surface area contributed by atoms with Crippen LogP contribution in [0.25, 0.3) is 0 Å². The molecule has 0 saturated heterocycles. The van der Waals surface area contributed by atoms with E-state index in [1.54, 1.807) is 0 Å². The Bertz CT molecular complexity index is 546. The Morgan fingerprint density at radius 1 is 1.50 bits per heavy atom. The van der Waals surface area contributed by atoms with E-state index in [-0.39, 0.29) is 5.78 Å². The number of aromatic nitrogens is 2. The van der Waals surface area contributed by atoms with Crippen molar-refractivity contribution in [3.8, 4) is 0 Å². The average molecular weight is 327 g/mol. The Labute approximate surface area is 119 Å². The summed E-state index contributed by atoms with van der Waals surface area (Å²) in [6, 6.07) is 3.79. The van der Waals surface area contributed by atoms with E-state index in [1.807, 2.05) is 36.0 Å². The average Bonchev–Trinajstić information content (AvgIpc) is 2.95. The molecule has 0 aliphatic carbocycles. The molecular formula is C13H15BrN2OS. The molecule has 0 fully saturated rings. The molecule has 0 aromatic carbocycles. The predicted octanol–water partition coefficient (Wildman–Crippen LogP) is 3.99. The number of Topliss-reactive ketones (excluding diaryl/α,β-unsaturated/α-hetero) is 1. The number of hydrogen-bond acceptors (Lipinski definition) is 3. The Hall–Kier alpha value is -0.940. The molecular weight excluding hydrogens is 312 g/mol. The minimum atomic E-state index is 0.227. The van der Waals surface area contributed by atoms with Gasteiger partial charge in [0.15, 0.2) is 5.78 Å². The van der Waals surface area contributed by atoms with Gasteiger partial charge in [-0.15, -0.1) is 11.3 Å². The van der Waals surface area contributed by atoms with Crippen LogP contribution in [-0.4, -0.2) is 15.6 Å². The van der Waals surface area contributed by atoms with Crippen LogP contribution < -0.4 is 0 Å². The molecule has 2 aromatic heterocycles. The Kier molecular flexibility index (Phi) is 4.35. The third-order valence-electron chi connectivity index (χ3n) is 2.86. The molecule has 0 atom stereocenters. The summed E-state index contributed by atoms with van der Waals surface area (Å²) in [5, 5.41) is 6.37. The number of rotatable bonds is 5. The lowest BCUT2D eigenvalue weighted by Gasteiger charge is -2.03. The number of thiophene rings is 1. The predicted molar refractivity (Wildman–Crippen MR) is 77.3 cm³/mol. The van der Waals surface area contributed by atoms with Gasteiger partial charge in [0.05, 0.1) is 15.0 Å². The van der Waals surface area contributed by atoms with Crippen LogP contribution in [0.3, 0.4) is 0 Å². The highest BCUT2D eigenvalue weighted by Crippen LogP contribution is 2.20. The first-order chi connectivity index (χ1) is 8.59. The standard InChI is InChI=1S/C13H15BrN2OS/c1-9-13(14)10(2)16(15-9)7-3-5-11(17)12-6-4-8-18-12/h4,6,8H,3,5,7H2,1-2H3. The van der Waals surface area contributed by atoms with Crippen LogP contribution in [0.15, 0.2) is 22.0 Å². The van der Waals surface area contributed by atoms with E-state index in [4.69, 9.17) is 0 Å². The molecule has 3 nitrogen and oxygen atoms in total. The first-order valence-electron chi connectivity index (χ1n) is 5.86. The highest BCUT2D eigenvalue weighted by molar-refractivity contribution is 9.10. The fourth-order valence-electron chi connectivity index (χ4n) is 1.84. The molecule has 2 aromatic rings. The first kappa shape index (κ1) is 13.5. The van der Waals surface area contributed by atoms with Gasteiger partial charge in [-0.05, 0) is 47.6 Å². The van der Waals surface area contributed by atoms with Gasteiger partial charge in [0.1, 0.15) is 0 Å². The van der Waals surface area contributed by atoms with Gasteiger partial charge in [-0.25, -0.2) is 0 Å². The molecule has 0 aliphatic rings. The lowest BCUT2D eigenvalue weighted by Crippen LogP contribution is -2.05. The summed E-state index contributed by atoms with van der Waals surface area (Å²) in [6.45, 7) is 4.80. The molecule has 0 unspecified atom stereocenters. The lowest BCUT2D eigenvalue weighted by molar-refractivity contribution is 0.0982. The SMILES string of the molecule is Cc1nn(CCCC(=O)c2cccs2)c(C)c1Br. The van der Waals surface area contributed by atoms with Gasteiger partial charge in [-0.1, -0.05) is 6.07 Å². The van der Waals surface area contributed by atoms with E-state index < -0.39 is 0 Å². The van der Waals surface area contributed by atoms with Gasteiger partial charge in [0.25, 0.3) is 0 Å². The second-order valence-electron chi connectivity index (χ2n) is 4.21. The Balaban J connectivity index is 1.89. The van der Waals surface area contributed by atoms with E-state index >= 15 is 0 Å². The fourth-order valence-corrected chi connectivity index (χ4v) is 2.82. The summed E-state index contributed by atoms with van der Waals surface area (Å²) < 4.78 is 3.02. The maximum atomic E-state index is 11.8. The van der Waals surface area contributed by atoms with E-state index in [0.29, 0.717) is 6.42 Å². The normalized spacial score (nSPS) is 10.8. The summed E-state index contributed by atoms with van der Waals surface area (Å²) in [5.74, 6) is 0.227. The fraction of sp³-hybridized carbons (Fsp3) is 0.385. The van der Waals surface area contributed by atoms with Crippen LogP contribution >= 0.6 is 27.3 Å². The number of halogens is 1. The van der Waals surface area contributed by atoms with Crippen molar-refractivity contribution < 1.29 is 4.79 Å². The number of carbonyl (C=O) groups is 1. The summed E-state index contributed by atoms with van der Waals surface area (Å²) >= 11 is 5.01. The van der Waals surface area contributed by atoms with Gasteiger partial charge >= 0.3 is 0 Å². The third-order valence-corrected chi connectivity index (χ3v) is 4.92. The molecule has 0 saturated carbocycles. The molecule has 18 heavy (non-hydrogen) atoms. The topological polar surface area (TPSA) is 34.9 Å². The highest BCUT2D eigenvalue weighted by atomic mass is 79.9. The first-order valence-corrected chi connectivity index (χ1v) is 7.53. The molecule has 0 spiro atoms. The third kappa shape index (κ3) is 2.90. The largest absolute Gasteiger partial charge is 0.293 e. The van der Waals surface area contributed by atoms with Crippen LogP contribution in [0.2, 0.25) is 0 Å². The van der Waals surface area contributed by atoms with Crippen LogP contribution in [0.4, 0.5) is 0 Å². The molecule has 0 radical (unpaired) electrons. The molecule has 0 bridgehead atoms. The molecule has 5 heteroatoms. The Morgan fingerprint density at radius 2 is 2.28 bits per heavy atom. The molecule has 2 heterocycles. The van der Waals surface area contributed by atoms with Crippen LogP contribution in [0.5, 0.6) is 0 Å². The number of carbonyl (C=O) groups excluding carboxylic acids is 1. The van der Waals surface area contributed by atoms with Crippen molar-refractivity contribution in [2.24, 2.45) is 0 Å². The molecule has 0 aliphatic heterocycles. The zero-order valence-electron chi connectivity index (χ0n) is 10.4. The summed E-state index contributed by atoms with van der Waals surface area (Å²) in [5.41, 5.74) is 2.12. The number of hydrogen-bond donors (Lipinski definition) is 0. The zero-order valence-corrected chi connectivity index (χ0v) is 12.8. The van der Waals surface area contributed by atoms with Gasteiger partial charge in [0.2, 0.25) is 0 Å². The summed E-state index contributed by atoms with van der Waals surface area (Å²) in [7, 11) is 0. The maximum absolute atomic E-state index is 11.8. The second-order valence-corrected chi connectivity index (χ2v) is 5.95. The van der Waals surface area contributed by atoms with Crippen molar-refractivity contribution in [1.82, 2.24) is 9.78 Å².